The van der Waals surface area contributed by atoms with Crippen LogP contribution in [0.1, 0.15) is 22.5 Å². The Hall–Kier alpha value is -2.76. The summed E-state index contributed by atoms with van der Waals surface area (Å²) in [6.45, 7) is 5.90. The molecule has 0 unspecified atom stereocenters. The fraction of sp³-hybridized carbons (Fsp3) is 0.182. The Morgan fingerprint density at radius 1 is 1.10 bits per heavy atom. The molecule has 1 aromatic heterocycles. The summed E-state index contributed by atoms with van der Waals surface area (Å²) in [5, 5.41) is 4.89. The lowest BCUT2D eigenvalue weighted by atomic mass is 10.2. The van der Waals surface area contributed by atoms with Gasteiger partial charge in [0.25, 0.3) is 5.91 Å². The summed E-state index contributed by atoms with van der Waals surface area (Å²) in [4.78, 5) is 12.0. The second-order valence-electron chi connectivity index (χ2n) is 6.65. The summed E-state index contributed by atoms with van der Waals surface area (Å²) in [6, 6.07) is 15.1. The van der Waals surface area contributed by atoms with Crippen molar-refractivity contribution in [2.45, 2.75) is 20.8 Å². The van der Waals surface area contributed by atoms with Crippen LogP contribution in [0.3, 0.4) is 0 Å². The molecule has 0 saturated carbocycles. The van der Waals surface area contributed by atoms with E-state index in [0.29, 0.717) is 15.8 Å². The van der Waals surface area contributed by atoms with E-state index in [1.165, 1.54) is 5.56 Å². The van der Waals surface area contributed by atoms with Gasteiger partial charge in [-0.3, -0.25) is 4.79 Å². The maximum Gasteiger partial charge on any atom is 0.277 e. The van der Waals surface area contributed by atoms with Gasteiger partial charge in [-0.1, -0.05) is 40.9 Å². The molecule has 0 spiro atoms. The summed E-state index contributed by atoms with van der Waals surface area (Å²) in [5.74, 6) is -0.00329. The van der Waals surface area contributed by atoms with Gasteiger partial charge in [-0.2, -0.15) is 5.10 Å². The summed E-state index contributed by atoms with van der Waals surface area (Å²) in [6.07, 6.45) is 1.63. The Morgan fingerprint density at radius 2 is 1.83 bits per heavy atom. The number of aromatic nitrogens is 1. The molecule has 29 heavy (non-hydrogen) atoms. The molecule has 0 aliphatic heterocycles. The second-order valence-corrected chi connectivity index (χ2v) is 7.50. The molecule has 3 aromatic rings. The number of hydrogen-bond acceptors (Lipinski definition) is 3. The van der Waals surface area contributed by atoms with E-state index in [-0.39, 0.29) is 12.5 Å². The van der Waals surface area contributed by atoms with E-state index in [1.54, 1.807) is 24.4 Å². The zero-order valence-electron chi connectivity index (χ0n) is 16.4. The van der Waals surface area contributed by atoms with Crippen LogP contribution in [0.5, 0.6) is 5.75 Å². The Kier molecular flexibility index (Phi) is 6.62. The van der Waals surface area contributed by atoms with Crippen molar-refractivity contribution in [3.63, 3.8) is 0 Å². The first-order valence-electron chi connectivity index (χ1n) is 9.01. The van der Waals surface area contributed by atoms with Crippen LogP contribution in [0.2, 0.25) is 10.0 Å². The smallest absolute Gasteiger partial charge is 0.277 e. The normalized spacial score (nSPS) is 11.1. The molecule has 0 radical (unpaired) electrons. The fourth-order valence-electron chi connectivity index (χ4n) is 2.95. The fourth-order valence-corrected chi connectivity index (χ4v) is 3.41. The van der Waals surface area contributed by atoms with Crippen molar-refractivity contribution in [1.29, 1.82) is 0 Å². The van der Waals surface area contributed by atoms with Gasteiger partial charge >= 0.3 is 0 Å². The first-order chi connectivity index (χ1) is 13.8. The average Bonchev–Trinajstić information content (AvgIpc) is 2.95. The predicted octanol–water partition coefficient (Wildman–Crippen LogP) is 5.24. The Balaban J connectivity index is 1.62. The molecule has 0 atom stereocenters. The Morgan fingerprint density at radius 3 is 2.52 bits per heavy atom. The van der Waals surface area contributed by atoms with Crippen LogP contribution in [0, 0.1) is 20.8 Å². The molecule has 0 fully saturated rings. The Bertz CT molecular complexity index is 1060. The number of ether oxygens (including phenoxy) is 1. The number of halogens is 2. The number of hydrazone groups is 1. The molecule has 150 valence electrons. The maximum absolute atomic E-state index is 12.0. The van der Waals surface area contributed by atoms with E-state index in [4.69, 9.17) is 27.9 Å². The highest BCUT2D eigenvalue weighted by Crippen LogP contribution is 2.27. The SMILES string of the molecule is Cc1ccc(-n2c(C)cc(/C=N\NC(=O)COc3ccc(Cl)cc3Cl)c2C)cc1. The number of amides is 1. The van der Waals surface area contributed by atoms with Crippen molar-refractivity contribution >= 4 is 35.3 Å². The van der Waals surface area contributed by atoms with Gasteiger partial charge in [-0.05, 0) is 57.2 Å². The zero-order valence-corrected chi connectivity index (χ0v) is 17.9. The molecule has 5 nitrogen and oxygen atoms in total. The lowest BCUT2D eigenvalue weighted by Gasteiger charge is -2.09. The molecule has 1 amide bonds. The topological polar surface area (TPSA) is 55.6 Å². The van der Waals surface area contributed by atoms with Gasteiger partial charge in [0.15, 0.2) is 6.61 Å². The van der Waals surface area contributed by atoms with Crippen LogP contribution < -0.4 is 10.2 Å². The molecule has 3 rings (SSSR count). The summed E-state index contributed by atoms with van der Waals surface area (Å²) < 4.78 is 7.54. The molecule has 0 aliphatic carbocycles. The molecular weight excluding hydrogens is 409 g/mol. The number of rotatable bonds is 6. The lowest BCUT2D eigenvalue weighted by molar-refractivity contribution is -0.123. The quantitative estimate of drug-likeness (QED) is 0.430. The van der Waals surface area contributed by atoms with E-state index < -0.39 is 0 Å². The van der Waals surface area contributed by atoms with Crippen molar-refractivity contribution < 1.29 is 9.53 Å². The number of hydrogen-bond donors (Lipinski definition) is 1. The Labute approximate surface area is 179 Å². The molecule has 0 saturated heterocycles. The van der Waals surface area contributed by atoms with Crippen LogP contribution in [0.4, 0.5) is 0 Å². The van der Waals surface area contributed by atoms with Gasteiger partial charge in [0.05, 0.1) is 11.2 Å². The van der Waals surface area contributed by atoms with Gasteiger partial charge in [-0.25, -0.2) is 5.43 Å². The third-order valence-electron chi connectivity index (χ3n) is 4.41. The van der Waals surface area contributed by atoms with Crippen molar-refractivity contribution in [3.8, 4) is 11.4 Å². The number of carbonyl (C=O) groups is 1. The number of aryl methyl sites for hydroxylation is 2. The van der Waals surface area contributed by atoms with Crippen LogP contribution in [0.15, 0.2) is 53.6 Å². The van der Waals surface area contributed by atoms with E-state index in [9.17, 15) is 4.79 Å². The molecule has 1 heterocycles. The minimum Gasteiger partial charge on any atom is -0.482 e. The second kappa shape index (κ2) is 9.16. The van der Waals surface area contributed by atoms with E-state index in [2.05, 4.69) is 46.3 Å². The minimum atomic E-state index is -0.389. The number of carbonyl (C=O) groups excluding carboxylic acids is 1. The van der Waals surface area contributed by atoms with Crippen LogP contribution in [-0.2, 0) is 4.79 Å². The highest BCUT2D eigenvalue weighted by molar-refractivity contribution is 6.35. The van der Waals surface area contributed by atoms with Gasteiger partial charge < -0.3 is 9.30 Å². The van der Waals surface area contributed by atoms with Crippen molar-refractivity contribution in [1.82, 2.24) is 9.99 Å². The molecule has 0 aliphatic rings. The molecule has 2 aromatic carbocycles. The largest absolute Gasteiger partial charge is 0.482 e. The van der Waals surface area contributed by atoms with Crippen molar-refractivity contribution in [2.75, 3.05) is 6.61 Å². The summed E-state index contributed by atoms with van der Waals surface area (Å²) >= 11 is 11.9. The molecular formula is C22H21Cl2N3O2. The van der Waals surface area contributed by atoms with Crippen molar-refractivity contribution in [3.05, 3.63) is 81.1 Å². The highest BCUT2D eigenvalue weighted by atomic mass is 35.5. The monoisotopic (exact) mass is 429 g/mol. The first-order valence-corrected chi connectivity index (χ1v) is 9.76. The van der Waals surface area contributed by atoms with Crippen molar-refractivity contribution in [2.24, 2.45) is 5.10 Å². The third kappa shape index (κ3) is 5.19. The number of benzene rings is 2. The zero-order chi connectivity index (χ0) is 21.0. The van der Waals surface area contributed by atoms with E-state index in [0.717, 1.165) is 22.6 Å². The van der Waals surface area contributed by atoms with Crippen LogP contribution in [0.25, 0.3) is 5.69 Å². The summed E-state index contributed by atoms with van der Waals surface area (Å²) in [7, 11) is 0. The van der Waals surface area contributed by atoms with Crippen LogP contribution >= 0.6 is 23.2 Å². The van der Waals surface area contributed by atoms with Gasteiger partial charge in [-0.15, -0.1) is 0 Å². The van der Waals surface area contributed by atoms with E-state index in [1.807, 2.05) is 19.9 Å². The lowest BCUT2D eigenvalue weighted by Crippen LogP contribution is -2.24. The predicted molar refractivity (Wildman–Crippen MR) is 118 cm³/mol. The number of nitrogens with one attached hydrogen (secondary N) is 1. The molecule has 1 N–H and O–H groups in total. The van der Waals surface area contributed by atoms with E-state index >= 15 is 0 Å². The summed E-state index contributed by atoms with van der Waals surface area (Å²) in [5.41, 5.74) is 7.80. The third-order valence-corrected chi connectivity index (χ3v) is 4.94. The van der Waals surface area contributed by atoms with Gasteiger partial charge in [0.1, 0.15) is 5.75 Å². The highest BCUT2D eigenvalue weighted by Gasteiger charge is 2.10. The average molecular weight is 430 g/mol. The standard InChI is InChI=1S/C22H21Cl2N3O2/c1-14-4-7-19(8-5-14)27-15(2)10-17(16(27)3)12-25-26-22(28)13-29-21-9-6-18(23)11-20(21)24/h4-12H,13H2,1-3H3,(H,26,28)/b25-12-. The van der Waals surface area contributed by atoms with Gasteiger partial charge in [0.2, 0.25) is 0 Å². The molecule has 7 heteroatoms. The minimum absolute atomic E-state index is 0.207. The van der Waals surface area contributed by atoms with Crippen LogP contribution in [-0.4, -0.2) is 23.3 Å². The van der Waals surface area contributed by atoms with Gasteiger partial charge in [0, 0.05) is 27.7 Å². The first kappa shape index (κ1) is 21.0. The number of nitrogens with zero attached hydrogens (tertiary/aromatic N) is 2. The molecule has 0 bridgehead atoms. The maximum atomic E-state index is 12.0.